The minimum atomic E-state index is -2.44. The van der Waals surface area contributed by atoms with Gasteiger partial charge in [-0.1, -0.05) is 0 Å². The highest BCUT2D eigenvalue weighted by molar-refractivity contribution is 7.56. The van der Waals surface area contributed by atoms with Crippen LogP contribution in [0.3, 0.4) is 0 Å². The number of rotatable bonds is 3. The summed E-state index contributed by atoms with van der Waals surface area (Å²) in [6, 6.07) is 0. The van der Waals surface area contributed by atoms with Crippen molar-refractivity contribution in [3.8, 4) is 0 Å². The van der Waals surface area contributed by atoms with Crippen molar-refractivity contribution >= 4 is 7.59 Å². The first-order valence-corrected chi connectivity index (χ1v) is 6.11. The molecule has 0 aliphatic carbocycles. The van der Waals surface area contributed by atoms with Gasteiger partial charge in [-0.05, 0) is 42.3 Å². The van der Waals surface area contributed by atoms with Gasteiger partial charge < -0.3 is 4.74 Å². The summed E-state index contributed by atoms with van der Waals surface area (Å²) < 4.78 is 21.8. The third-order valence-corrected chi connectivity index (χ3v) is 4.89. The van der Waals surface area contributed by atoms with Crippen LogP contribution in [-0.2, 0) is 9.30 Å². The highest BCUT2D eigenvalue weighted by Gasteiger charge is 2.30. The molecule has 0 amide bonds. The normalized spacial score (nSPS) is 15.8. The molecule has 0 saturated carbocycles. The van der Waals surface area contributed by atoms with E-state index in [0.29, 0.717) is 0 Å². The molecule has 0 aromatic heterocycles. The third kappa shape index (κ3) is 4.07. The maximum Gasteiger partial charge on any atom is 0.285 e. The van der Waals surface area contributed by atoms with Crippen LogP contribution < -0.4 is 0 Å². The molecule has 1 aliphatic rings. The molecule has 0 aromatic rings. The molecule has 1 heterocycles. The van der Waals surface area contributed by atoms with Gasteiger partial charge in [0, 0.05) is 0 Å². The Balaban J connectivity index is 0.000000469. The zero-order chi connectivity index (χ0) is 11.4. The summed E-state index contributed by atoms with van der Waals surface area (Å²) in [6.45, 7) is 2.00. The summed E-state index contributed by atoms with van der Waals surface area (Å²) in [7, 11) is 8.49. The molecule has 0 atom stereocenters. The summed E-state index contributed by atoms with van der Waals surface area (Å²) in [6.07, 6.45) is 0. The molecule has 5 nitrogen and oxygen atoms in total. The smallest absolute Gasteiger partial charge is 0.285 e. The maximum absolute atomic E-state index is 12.1. The average Bonchev–Trinajstić information content (AvgIpc) is 2.86. The number of nitrogens with zero attached hydrogens (tertiary/aromatic N) is 3. The second-order valence-corrected chi connectivity index (χ2v) is 7.09. The van der Waals surface area contributed by atoms with E-state index < -0.39 is 7.59 Å². The summed E-state index contributed by atoms with van der Waals surface area (Å²) in [5.41, 5.74) is 0. The van der Waals surface area contributed by atoms with Crippen LogP contribution in [0.1, 0.15) is 0 Å². The second kappa shape index (κ2) is 5.83. The van der Waals surface area contributed by atoms with E-state index in [2.05, 4.69) is 4.74 Å². The molecule has 0 radical (unpaired) electrons. The quantitative estimate of drug-likeness (QED) is 0.522. The molecule has 0 unspecified atom stereocenters. The number of hydrogen-bond acceptors (Lipinski definition) is 2. The summed E-state index contributed by atoms with van der Waals surface area (Å²) in [4.78, 5) is 0. The monoisotopic (exact) mass is 223 g/mol. The Kier molecular flexibility index (Phi) is 5.86. The number of ether oxygens (including phenoxy) is 1. The molecule has 0 aromatic carbocycles. The van der Waals surface area contributed by atoms with Crippen LogP contribution in [-0.4, -0.2) is 69.5 Å². The molecule has 14 heavy (non-hydrogen) atoms. The fourth-order valence-corrected chi connectivity index (χ4v) is 3.22. The zero-order valence-corrected chi connectivity index (χ0v) is 10.9. The van der Waals surface area contributed by atoms with Gasteiger partial charge in [-0.15, -0.1) is 0 Å². The standard InChI is InChI=1S/C6H18N3OP.C2H4O/c1-7(2)11(10,8(3)4)9(5)6;1-2-3-1/h1-6H3;1-2H2. The lowest BCUT2D eigenvalue weighted by molar-refractivity contribution is 0.383. The van der Waals surface area contributed by atoms with E-state index in [1.807, 2.05) is 42.3 Å². The van der Waals surface area contributed by atoms with E-state index in [0.717, 1.165) is 13.2 Å². The van der Waals surface area contributed by atoms with Crippen molar-refractivity contribution in [3.05, 3.63) is 0 Å². The molecular weight excluding hydrogens is 201 g/mol. The van der Waals surface area contributed by atoms with Crippen LogP contribution in [0.25, 0.3) is 0 Å². The van der Waals surface area contributed by atoms with E-state index in [9.17, 15) is 4.57 Å². The van der Waals surface area contributed by atoms with Crippen molar-refractivity contribution in [3.63, 3.8) is 0 Å². The van der Waals surface area contributed by atoms with Crippen LogP contribution in [0.4, 0.5) is 0 Å². The molecule has 6 heteroatoms. The SMILES string of the molecule is C1CO1.CN(C)P(=O)(N(C)C)N(C)C. The van der Waals surface area contributed by atoms with Gasteiger partial charge >= 0.3 is 0 Å². The second-order valence-electron chi connectivity index (χ2n) is 3.67. The molecule has 0 spiro atoms. The first kappa shape index (κ1) is 14.1. The fraction of sp³-hybridized carbons (Fsp3) is 1.00. The van der Waals surface area contributed by atoms with E-state index in [1.165, 1.54) is 0 Å². The first-order valence-electron chi connectivity index (χ1n) is 4.54. The van der Waals surface area contributed by atoms with Crippen molar-refractivity contribution in [1.82, 2.24) is 14.0 Å². The minimum Gasteiger partial charge on any atom is -0.377 e. The van der Waals surface area contributed by atoms with Gasteiger partial charge in [-0.25, -0.2) is 14.0 Å². The van der Waals surface area contributed by atoms with Crippen molar-refractivity contribution in [2.24, 2.45) is 0 Å². The van der Waals surface area contributed by atoms with Gasteiger partial charge in [0.25, 0.3) is 7.59 Å². The summed E-state index contributed by atoms with van der Waals surface area (Å²) >= 11 is 0. The Morgan fingerprint density at radius 2 is 1.07 bits per heavy atom. The summed E-state index contributed by atoms with van der Waals surface area (Å²) in [5.74, 6) is 0. The Labute approximate surface area is 87.1 Å². The van der Waals surface area contributed by atoms with Crippen LogP contribution in [0, 0.1) is 0 Å². The lowest BCUT2D eigenvalue weighted by atomic mass is 11.0. The third-order valence-electron chi connectivity index (χ3n) is 1.77. The number of epoxide rings is 1. The van der Waals surface area contributed by atoms with Gasteiger partial charge in [-0.2, -0.15) is 0 Å². The first-order chi connectivity index (χ1) is 6.33. The predicted molar refractivity (Wildman–Crippen MR) is 59.5 cm³/mol. The fourth-order valence-electron chi connectivity index (χ4n) is 1.07. The molecule has 1 saturated heterocycles. The van der Waals surface area contributed by atoms with E-state index in [4.69, 9.17) is 0 Å². The van der Waals surface area contributed by atoms with E-state index in [1.54, 1.807) is 14.0 Å². The van der Waals surface area contributed by atoms with Crippen molar-refractivity contribution in [1.29, 1.82) is 0 Å². The Bertz CT molecular complexity index is 173. The highest BCUT2D eigenvalue weighted by Crippen LogP contribution is 2.50. The molecule has 1 fully saturated rings. The Morgan fingerprint density at radius 1 is 0.857 bits per heavy atom. The van der Waals surface area contributed by atoms with Gasteiger partial charge in [0.1, 0.15) is 0 Å². The lowest BCUT2D eigenvalue weighted by Crippen LogP contribution is -2.30. The van der Waals surface area contributed by atoms with Crippen LogP contribution in [0.15, 0.2) is 0 Å². The molecule has 0 N–H and O–H groups in total. The van der Waals surface area contributed by atoms with Gasteiger partial charge in [0.2, 0.25) is 0 Å². The highest BCUT2D eigenvalue weighted by atomic mass is 31.2. The lowest BCUT2D eigenvalue weighted by Gasteiger charge is -2.34. The summed E-state index contributed by atoms with van der Waals surface area (Å²) in [5, 5.41) is 0. The topological polar surface area (TPSA) is 39.3 Å². The van der Waals surface area contributed by atoms with Gasteiger partial charge in [0.05, 0.1) is 13.2 Å². The van der Waals surface area contributed by atoms with Crippen molar-refractivity contribution in [2.45, 2.75) is 0 Å². The molecule has 86 valence electrons. The Morgan fingerprint density at radius 3 is 1.07 bits per heavy atom. The van der Waals surface area contributed by atoms with Crippen LogP contribution in [0.5, 0.6) is 0 Å². The van der Waals surface area contributed by atoms with Gasteiger partial charge in [-0.3, -0.25) is 4.57 Å². The van der Waals surface area contributed by atoms with Crippen LogP contribution >= 0.6 is 7.59 Å². The van der Waals surface area contributed by atoms with E-state index in [-0.39, 0.29) is 0 Å². The maximum atomic E-state index is 12.1. The predicted octanol–water partition coefficient (Wildman–Crippen LogP) is 0.796. The van der Waals surface area contributed by atoms with Crippen molar-refractivity contribution in [2.75, 3.05) is 55.5 Å². The largest absolute Gasteiger partial charge is 0.377 e. The zero-order valence-electron chi connectivity index (χ0n) is 10.0. The molecule has 1 rings (SSSR count). The Hall–Kier alpha value is 0.0700. The number of hydrogen-bond donors (Lipinski definition) is 0. The minimum absolute atomic E-state index is 1.00. The molecular formula is C8H22N3O2P. The average molecular weight is 223 g/mol. The van der Waals surface area contributed by atoms with Gasteiger partial charge in [0.15, 0.2) is 0 Å². The molecule has 1 aliphatic heterocycles. The van der Waals surface area contributed by atoms with E-state index >= 15 is 0 Å². The van der Waals surface area contributed by atoms with Crippen LogP contribution in [0.2, 0.25) is 0 Å². The molecule has 0 bridgehead atoms. The van der Waals surface area contributed by atoms with Crippen molar-refractivity contribution < 1.29 is 9.30 Å².